The molecule has 3 N–H and O–H groups in total. The monoisotopic (exact) mass is 242 g/mol. The van der Waals surface area contributed by atoms with Crippen molar-refractivity contribution in [3.8, 4) is 0 Å². The number of hydrogen-bond acceptors (Lipinski definition) is 3. The summed E-state index contributed by atoms with van der Waals surface area (Å²) in [5.74, 6) is 0.0986. The number of sulfonamides is 1. The Morgan fingerprint density at radius 1 is 1.31 bits per heavy atom. The molecule has 0 aliphatic carbocycles. The lowest BCUT2D eigenvalue weighted by atomic mass is 10.2. The van der Waals surface area contributed by atoms with Crippen LogP contribution in [0.25, 0.3) is 0 Å². The summed E-state index contributed by atoms with van der Waals surface area (Å²) >= 11 is 0. The maximum atomic E-state index is 11.6. The van der Waals surface area contributed by atoms with Crippen molar-refractivity contribution in [3.05, 3.63) is 35.9 Å². The molecule has 1 rings (SSSR count). The van der Waals surface area contributed by atoms with Crippen LogP contribution in [0.15, 0.2) is 30.3 Å². The van der Waals surface area contributed by atoms with E-state index in [1.165, 1.54) is 0 Å². The zero-order valence-electron chi connectivity index (χ0n) is 9.39. The van der Waals surface area contributed by atoms with Crippen molar-refractivity contribution in [1.29, 1.82) is 0 Å². The summed E-state index contributed by atoms with van der Waals surface area (Å²) in [5.41, 5.74) is 6.38. The Bertz CT molecular complexity index is 403. The van der Waals surface area contributed by atoms with Crippen molar-refractivity contribution in [2.45, 2.75) is 19.4 Å². The Balaban J connectivity index is 2.49. The van der Waals surface area contributed by atoms with Gasteiger partial charge in [0.25, 0.3) is 0 Å². The van der Waals surface area contributed by atoms with Crippen molar-refractivity contribution >= 4 is 10.0 Å². The van der Waals surface area contributed by atoms with Gasteiger partial charge in [0.2, 0.25) is 10.0 Å². The van der Waals surface area contributed by atoms with Gasteiger partial charge in [-0.25, -0.2) is 13.1 Å². The zero-order chi connectivity index (χ0) is 12.0. The lowest BCUT2D eigenvalue weighted by molar-refractivity contribution is 0.562. The van der Waals surface area contributed by atoms with Crippen LogP contribution in [0.4, 0.5) is 0 Å². The highest BCUT2D eigenvalue weighted by molar-refractivity contribution is 7.89. The number of aryl methyl sites for hydroxylation is 1. The highest BCUT2D eigenvalue weighted by atomic mass is 32.2. The van der Waals surface area contributed by atoms with Gasteiger partial charge in [0.1, 0.15) is 0 Å². The fourth-order valence-electron chi connectivity index (χ4n) is 1.31. The van der Waals surface area contributed by atoms with Gasteiger partial charge in [0, 0.05) is 12.6 Å². The molecule has 90 valence electrons. The van der Waals surface area contributed by atoms with Crippen LogP contribution in [-0.2, 0) is 16.4 Å². The van der Waals surface area contributed by atoms with Crippen LogP contribution in [0.2, 0.25) is 0 Å². The van der Waals surface area contributed by atoms with Gasteiger partial charge in [0.05, 0.1) is 5.75 Å². The van der Waals surface area contributed by atoms with E-state index in [0.717, 1.165) is 5.56 Å². The fourth-order valence-corrected chi connectivity index (χ4v) is 2.64. The maximum Gasteiger partial charge on any atom is 0.212 e. The van der Waals surface area contributed by atoms with E-state index in [1.54, 1.807) is 6.92 Å². The van der Waals surface area contributed by atoms with Crippen LogP contribution in [0.5, 0.6) is 0 Å². The molecule has 0 radical (unpaired) electrons. The quantitative estimate of drug-likeness (QED) is 0.763. The molecule has 0 amide bonds. The molecule has 1 unspecified atom stereocenters. The molecule has 0 fully saturated rings. The smallest absolute Gasteiger partial charge is 0.212 e. The summed E-state index contributed by atoms with van der Waals surface area (Å²) in [7, 11) is -3.22. The highest BCUT2D eigenvalue weighted by Gasteiger charge is 2.13. The molecule has 0 aliphatic heterocycles. The predicted molar refractivity (Wildman–Crippen MR) is 65.6 cm³/mol. The molecule has 5 heteroatoms. The number of hydrogen-bond donors (Lipinski definition) is 2. The van der Waals surface area contributed by atoms with Gasteiger partial charge in [-0.15, -0.1) is 0 Å². The molecular weight excluding hydrogens is 224 g/mol. The summed E-state index contributed by atoms with van der Waals surface area (Å²) in [6.45, 7) is 2.06. The lowest BCUT2D eigenvalue weighted by Crippen LogP contribution is -2.39. The van der Waals surface area contributed by atoms with Gasteiger partial charge in [-0.1, -0.05) is 30.3 Å². The molecule has 0 spiro atoms. The Hall–Kier alpha value is -0.910. The molecule has 4 nitrogen and oxygen atoms in total. The first-order chi connectivity index (χ1) is 7.53. The van der Waals surface area contributed by atoms with Crippen LogP contribution in [0.1, 0.15) is 12.5 Å². The van der Waals surface area contributed by atoms with E-state index >= 15 is 0 Å². The minimum atomic E-state index is -3.22. The largest absolute Gasteiger partial charge is 0.329 e. The third kappa shape index (κ3) is 4.74. The molecule has 1 aromatic carbocycles. The third-order valence-electron chi connectivity index (χ3n) is 2.24. The van der Waals surface area contributed by atoms with E-state index in [4.69, 9.17) is 5.73 Å². The number of benzene rings is 1. The molecular formula is C11H18N2O2S. The minimum absolute atomic E-state index is 0.0986. The summed E-state index contributed by atoms with van der Waals surface area (Å²) < 4.78 is 25.7. The van der Waals surface area contributed by atoms with Crippen molar-refractivity contribution in [2.24, 2.45) is 5.73 Å². The van der Waals surface area contributed by atoms with E-state index in [9.17, 15) is 8.42 Å². The molecule has 16 heavy (non-hydrogen) atoms. The molecule has 0 saturated carbocycles. The summed E-state index contributed by atoms with van der Waals surface area (Å²) in [4.78, 5) is 0. The second kappa shape index (κ2) is 5.98. The first-order valence-corrected chi connectivity index (χ1v) is 6.93. The van der Waals surface area contributed by atoms with Crippen LogP contribution >= 0.6 is 0 Å². The van der Waals surface area contributed by atoms with Gasteiger partial charge < -0.3 is 5.73 Å². The summed E-state index contributed by atoms with van der Waals surface area (Å²) in [6, 6.07) is 9.34. The Kier molecular flexibility index (Phi) is 4.92. The van der Waals surface area contributed by atoms with Crippen LogP contribution in [-0.4, -0.2) is 26.8 Å². The average molecular weight is 242 g/mol. The van der Waals surface area contributed by atoms with Crippen LogP contribution in [0, 0.1) is 0 Å². The van der Waals surface area contributed by atoms with Gasteiger partial charge in [-0.05, 0) is 18.9 Å². The Morgan fingerprint density at radius 2 is 1.94 bits per heavy atom. The standard InChI is InChI=1S/C11H18N2O2S/c1-10(9-12)13-16(14,15)8-7-11-5-3-2-4-6-11/h2-6,10,13H,7-9,12H2,1H3. The normalized spacial score (nSPS) is 13.6. The van der Waals surface area contributed by atoms with Gasteiger partial charge in [-0.2, -0.15) is 0 Å². The molecule has 0 saturated heterocycles. The average Bonchev–Trinajstić information content (AvgIpc) is 2.27. The molecule has 0 bridgehead atoms. The second-order valence-electron chi connectivity index (χ2n) is 3.81. The Morgan fingerprint density at radius 3 is 2.50 bits per heavy atom. The van der Waals surface area contributed by atoms with Gasteiger partial charge in [0.15, 0.2) is 0 Å². The minimum Gasteiger partial charge on any atom is -0.329 e. The number of nitrogens with one attached hydrogen (secondary N) is 1. The molecule has 0 heterocycles. The fraction of sp³-hybridized carbons (Fsp3) is 0.455. The van der Waals surface area contributed by atoms with E-state index in [2.05, 4.69) is 4.72 Å². The second-order valence-corrected chi connectivity index (χ2v) is 5.68. The van der Waals surface area contributed by atoms with Crippen molar-refractivity contribution in [3.63, 3.8) is 0 Å². The van der Waals surface area contributed by atoms with E-state index < -0.39 is 10.0 Å². The van der Waals surface area contributed by atoms with Gasteiger partial charge in [-0.3, -0.25) is 0 Å². The predicted octanol–water partition coefficient (Wildman–Crippen LogP) is 0.496. The van der Waals surface area contributed by atoms with E-state index in [0.29, 0.717) is 13.0 Å². The topological polar surface area (TPSA) is 72.2 Å². The molecule has 0 aromatic heterocycles. The first-order valence-electron chi connectivity index (χ1n) is 5.27. The third-order valence-corrected chi connectivity index (χ3v) is 3.74. The maximum absolute atomic E-state index is 11.6. The van der Waals surface area contributed by atoms with Gasteiger partial charge >= 0.3 is 0 Å². The molecule has 1 atom stereocenters. The number of nitrogens with two attached hydrogens (primary N) is 1. The first kappa shape index (κ1) is 13.2. The summed E-state index contributed by atoms with van der Waals surface area (Å²) in [6.07, 6.45) is 0.521. The summed E-state index contributed by atoms with van der Waals surface area (Å²) in [5, 5.41) is 0. The lowest BCUT2D eigenvalue weighted by Gasteiger charge is -2.11. The van der Waals surface area contributed by atoms with Crippen LogP contribution < -0.4 is 10.5 Å². The van der Waals surface area contributed by atoms with E-state index in [-0.39, 0.29) is 11.8 Å². The number of rotatable bonds is 6. The highest BCUT2D eigenvalue weighted by Crippen LogP contribution is 2.01. The van der Waals surface area contributed by atoms with Crippen molar-refractivity contribution < 1.29 is 8.42 Å². The molecule has 1 aromatic rings. The van der Waals surface area contributed by atoms with Crippen molar-refractivity contribution in [2.75, 3.05) is 12.3 Å². The van der Waals surface area contributed by atoms with Crippen LogP contribution in [0.3, 0.4) is 0 Å². The van der Waals surface area contributed by atoms with E-state index in [1.807, 2.05) is 30.3 Å². The Labute approximate surface area is 96.9 Å². The zero-order valence-corrected chi connectivity index (χ0v) is 10.2. The SMILES string of the molecule is CC(CN)NS(=O)(=O)CCc1ccccc1. The molecule has 0 aliphatic rings. The van der Waals surface area contributed by atoms with Crippen molar-refractivity contribution in [1.82, 2.24) is 4.72 Å².